The van der Waals surface area contributed by atoms with Gasteiger partial charge in [-0.3, -0.25) is 0 Å². The Morgan fingerprint density at radius 1 is 1.39 bits per heavy atom. The summed E-state index contributed by atoms with van der Waals surface area (Å²) in [6.07, 6.45) is 0.747. The molecule has 0 radical (unpaired) electrons. The number of anilines is 1. The summed E-state index contributed by atoms with van der Waals surface area (Å²) in [5.41, 5.74) is 0.614. The lowest BCUT2D eigenvalue weighted by molar-refractivity contribution is 0.181. The zero-order valence-electron chi connectivity index (χ0n) is 10.6. The molecule has 2 rings (SSSR count). The van der Waals surface area contributed by atoms with Crippen molar-refractivity contribution in [3.05, 3.63) is 24.3 Å². The minimum absolute atomic E-state index is 0.0695. The fraction of sp³-hybridized carbons (Fsp3) is 0.500. The summed E-state index contributed by atoms with van der Waals surface area (Å²) in [5, 5.41) is 2.91. The first-order valence-electron chi connectivity index (χ1n) is 5.90. The maximum absolute atomic E-state index is 12.5. The number of hydrogen-bond donors (Lipinski definition) is 1. The van der Waals surface area contributed by atoms with Crippen molar-refractivity contribution in [3.63, 3.8) is 0 Å². The van der Waals surface area contributed by atoms with Crippen LogP contribution in [0.5, 0.6) is 0 Å². The van der Waals surface area contributed by atoms with Crippen LogP contribution in [0.25, 0.3) is 0 Å². The minimum Gasteiger partial charge on any atom is -0.387 e. The van der Waals surface area contributed by atoms with Gasteiger partial charge in [-0.15, -0.1) is 0 Å². The molecule has 0 spiro atoms. The molecule has 1 atom stereocenters. The number of rotatable bonds is 4. The Kier molecular flexibility index (Phi) is 3.89. The van der Waals surface area contributed by atoms with Crippen LogP contribution in [-0.2, 0) is 14.8 Å². The van der Waals surface area contributed by atoms with Crippen LogP contribution in [0.3, 0.4) is 0 Å². The van der Waals surface area contributed by atoms with E-state index in [0.29, 0.717) is 23.8 Å². The van der Waals surface area contributed by atoms with Crippen molar-refractivity contribution >= 4 is 15.7 Å². The van der Waals surface area contributed by atoms with Crippen molar-refractivity contribution in [1.82, 2.24) is 4.31 Å². The normalized spacial score (nSPS) is 20.3. The molecule has 0 bridgehead atoms. The molecule has 1 heterocycles. The zero-order valence-corrected chi connectivity index (χ0v) is 11.4. The standard InChI is InChI=1S/C12H18N2O3S/c1-13-11-5-3-4-6-12(11)18(15,16)14(2)10-7-8-17-9-10/h3-6,10,13H,7-9H2,1-2H3. The Morgan fingerprint density at radius 3 is 2.72 bits per heavy atom. The first-order valence-corrected chi connectivity index (χ1v) is 7.34. The highest BCUT2D eigenvalue weighted by Crippen LogP contribution is 2.26. The Morgan fingerprint density at radius 2 is 2.11 bits per heavy atom. The lowest BCUT2D eigenvalue weighted by Gasteiger charge is -2.23. The van der Waals surface area contributed by atoms with E-state index in [-0.39, 0.29) is 6.04 Å². The first kappa shape index (κ1) is 13.3. The highest BCUT2D eigenvalue weighted by Gasteiger charge is 2.31. The molecule has 1 aromatic rings. The largest absolute Gasteiger partial charge is 0.387 e. The van der Waals surface area contributed by atoms with E-state index < -0.39 is 10.0 Å². The van der Waals surface area contributed by atoms with Gasteiger partial charge in [-0.25, -0.2) is 8.42 Å². The van der Waals surface area contributed by atoms with E-state index in [9.17, 15) is 8.42 Å². The first-order chi connectivity index (χ1) is 8.57. The van der Waals surface area contributed by atoms with Crippen molar-refractivity contribution in [2.24, 2.45) is 0 Å². The van der Waals surface area contributed by atoms with E-state index in [0.717, 1.165) is 6.42 Å². The van der Waals surface area contributed by atoms with E-state index in [1.807, 2.05) is 6.07 Å². The van der Waals surface area contributed by atoms with Crippen LogP contribution in [0.2, 0.25) is 0 Å². The second kappa shape index (κ2) is 5.26. The van der Waals surface area contributed by atoms with Crippen LogP contribution in [-0.4, -0.2) is 46.1 Å². The van der Waals surface area contributed by atoms with Crippen LogP contribution >= 0.6 is 0 Å². The number of hydrogen-bond acceptors (Lipinski definition) is 4. The molecule has 5 nitrogen and oxygen atoms in total. The van der Waals surface area contributed by atoms with Gasteiger partial charge in [0.15, 0.2) is 0 Å². The number of benzene rings is 1. The summed E-state index contributed by atoms with van der Waals surface area (Å²) in [4.78, 5) is 0.307. The summed E-state index contributed by atoms with van der Waals surface area (Å²) in [5.74, 6) is 0. The van der Waals surface area contributed by atoms with Gasteiger partial charge in [0, 0.05) is 20.7 Å². The number of sulfonamides is 1. The third kappa shape index (κ3) is 2.36. The number of nitrogens with one attached hydrogen (secondary N) is 1. The molecule has 1 N–H and O–H groups in total. The molecule has 6 heteroatoms. The maximum Gasteiger partial charge on any atom is 0.245 e. The van der Waals surface area contributed by atoms with Gasteiger partial charge < -0.3 is 10.1 Å². The molecule has 1 fully saturated rings. The molecule has 100 valence electrons. The predicted molar refractivity (Wildman–Crippen MR) is 70.2 cm³/mol. The van der Waals surface area contributed by atoms with E-state index in [1.54, 1.807) is 32.3 Å². The van der Waals surface area contributed by atoms with Crippen molar-refractivity contribution < 1.29 is 13.2 Å². The van der Waals surface area contributed by atoms with Crippen LogP contribution < -0.4 is 5.32 Å². The Hall–Kier alpha value is -1.11. The number of para-hydroxylation sites is 1. The molecule has 1 aliphatic heterocycles. The van der Waals surface area contributed by atoms with Crippen LogP contribution in [0, 0.1) is 0 Å². The van der Waals surface area contributed by atoms with Crippen LogP contribution in [0.4, 0.5) is 5.69 Å². The van der Waals surface area contributed by atoms with E-state index >= 15 is 0 Å². The highest BCUT2D eigenvalue weighted by atomic mass is 32.2. The van der Waals surface area contributed by atoms with Gasteiger partial charge in [0.1, 0.15) is 4.90 Å². The quantitative estimate of drug-likeness (QED) is 0.891. The van der Waals surface area contributed by atoms with Gasteiger partial charge in [0.2, 0.25) is 10.0 Å². The second-order valence-corrected chi connectivity index (χ2v) is 6.25. The molecule has 1 aliphatic rings. The summed E-state index contributed by atoms with van der Waals surface area (Å²) < 4.78 is 31.7. The minimum atomic E-state index is -3.47. The summed E-state index contributed by atoms with van der Waals surface area (Å²) in [6.45, 7) is 1.09. The predicted octanol–water partition coefficient (Wildman–Crippen LogP) is 1.14. The molecule has 0 aromatic heterocycles. The van der Waals surface area contributed by atoms with Gasteiger partial charge in [0.05, 0.1) is 18.3 Å². The summed E-state index contributed by atoms with van der Waals surface area (Å²) in [7, 11) is -0.147. The Balaban J connectivity index is 2.35. The molecule has 0 saturated carbocycles. The van der Waals surface area contributed by atoms with Crippen molar-refractivity contribution in [2.45, 2.75) is 17.4 Å². The molecule has 1 unspecified atom stereocenters. The topological polar surface area (TPSA) is 58.6 Å². The fourth-order valence-electron chi connectivity index (χ4n) is 2.06. The second-order valence-electron chi connectivity index (χ2n) is 4.28. The van der Waals surface area contributed by atoms with E-state index in [4.69, 9.17) is 4.74 Å². The Bertz CT molecular complexity index is 510. The SMILES string of the molecule is CNc1ccccc1S(=O)(=O)N(C)C1CCOC1. The highest BCUT2D eigenvalue weighted by molar-refractivity contribution is 7.89. The number of likely N-dealkylation sites (N-methyl/N-ethyl adjacent to an activating group) is 1. The fourth-order valence-corrected chi connectivity index (χ4v) is 3.63. The average molecular weight is 270 g/mol. The molecule has 0 amide bonds. The lowest BCUT2D eigenvalue weighted by atomic mass is 10.3. The van der Waals surface area contributed by atoms with Crippen LogP contribution in [0.1, 0.15) is 6.42 Å². The number of ether oxygens (including phenoxy) is 1. The molecule has 0 aliphatic carbocycles. The Labute approximate surface area is 108 Å². The third-order valence-corrected chi connectivity index (χ3v) is 5.20. The smallest absolute Gasteiger partial charge is 0.245 e. The van der Waals surface area contributed by atoms with Crippen LogP contribution in [0.15, 0.2) is 29.2 Å². The molecular formula is C12H18N2O3S. The summed E-state index contributed by atoms with van der Waals surface area (Å²) >= 11 is 0. The third-order valence-electron chi connectivity index (χ3n) is 3.23. The van der Waals surface area contributed by atoms with Gasteiger partial charge in [0.25, 0.3) is 0 Å². The molecular weight excluding hydrogens is 252 g/mol. The van der Waals surface area contributed by atoms with Gasteiger partial charge >= 0.3 is 0 Å². The molecule has 1 saturated heterocycles. The van der Waals surface area contributed by atoms with E-state index in [1.165, 1.54) is 4.31 Å². The average Bonchev–Trinajstić information content (AvgIpc) is 2.91. The lowest BCUT2D eigenvalue weighted by Crippen LogP contribution is -2.37. The van der Waals surface area contributed by atoms with E-state index in [2.05, 4.69) is 5.32 Å². The molecule has 18 heavy (non-hydrogen) atoms. The van der Waals surface area contributed by atoms with Gasteiger partial charge in [-0.05, 0) is 18.6 Å². The zero-order chi connectivity index (χ0) is 13.2. The number of nitrogens with zero attached hydrogens (tertiary/aromatic N) is 1. The van der Waals surface area contributed by atoms with Gasteiger partial charge in [-0.1, -0.05) is 12.1 Å². The monoisotopic (exact) mass is 270 g/mol. The van der Waals surface area contributed by atoms with Crippen molar-refractivity contribution in [2.75, 3.05) is 32.6 Å². The van der Waals surface area contributed by atoms with Crippen molar-refractivity contribution in [1.29, 1.82) is 0 Å². The van der Waals surface area contributed by atoms with Gasteiger partial charge in [-0.2, -0.15) is 4.31 Å². The van der Waals surface area contributed by atoms with Crippen molar-refractivity contribution in [3.8, 4) is 0 Å². The summed E-state index contributed by atoms with van der Waals surface area (Å²) in [6, 6.07) is 6.84. The maximum atomic E-state index is 12.5. The molecule has 1 aromatic carbocycles.